The molecule has 1 aliphatic carbocycles. The van der Waals surface area contributed by atoms with Crippen molar-refractivity contribution in [2.24, 2.45) is 5.92 Å². The van der Waals surface area contributed by atoms with Crippen LogP contribution in [-0.2, 0) is 17.8 Å². The molecule has 1 saturated carbocycles. The Balaban J connectivity index is 1.13. The van der Waals surface area contributed by atoms with Gasteiger partial charge in [0.25, 0.3) is 11.1 Å². The van der Waals surface area contributed by atoms with Crippen LogP contribution in [0.2, 0.25) is 0 Å². The van der Waals surface area contributed by atoms with Crippen LogP contribution < -0.4 is 10.6 Å². The van der Waals surface area contributed by atoms with Crippen molar-refractivity contribution in [2.75, 3.05) is 0 Å². The molecular weight excluding hydrogens is 485 g/mol. The number of carbonyl (C=O) groups excluding carboxylic acids is 2. The third kappa shape index (κ3) is 6.01. The van der Waals surface area contributed by atoms with E-state index in [4.69, 9.17) is 0 Å². The van der Waals surface area contributed by atoms with Crippen molar-refractivity contribution < 1.29 is 14.0 Å². The summed E-state index contributed by atoms with van der Waals surface area (Å²) in [5.41, 5.74) is 2.88. The molecule has 2 fully saturated rings. The smallest absolute Gasteiger partial charge is 0.290 e. The van der Waals surface area contributed by atoms with Crippen LogP contribution >= 0.6 is 23.1 Å². The summed E-state index contributed by atoms with van der Waals surface area (Å²) in [4.78, 5) is 36.9. The van der Waals surface area contributed by atoms with Crippen molar-refractivity contribution >= 4 is 40.3 Å². The number of thioether (sulfide) groups is 1. The summed E-state index contributed by atoms with van der Waals surface area (Å²) in [7, 11) is 0. The van der Waals surface area contributed by atoms with Crippen LogP contribution in [0.25, 0.3) is 17.3 Å². The average molecular weight is 510 g/mol. The lowest BCUT2D eigenvalue weighted by Gasteiger charge is -2.29. The predicted molar refractivity (Wildman–Crippen MR) is 135 cm³/mol. The SMILES string of the molecule is O=C1NC(=O)/C(=C/c2ccnc(CC3CCC(NCc4nc(-c5ccsc5)ccc4F)CC3)n2)S1. The second kappa shape index (κ2) is 10.8. The molecule has 2 N–H and O–H groups in total. The lowest BCUT2D eigenvalue weighted by atomic mass is 9.84. The van der Waals surface area contributed by atoms with Gasteiger partial charge in [0, 0.05) is 36.1 Å². The van der Waals surface area contributed by atoms with E-state index in [1.807, 2.05) is 16.8 Å². The summed E-state index contributed by atoms with van der Waals surface area (Å²) in [6, 6.07) is 7.26. The summed E-state index contributed by atoms with van der Waals surface area (Å²) in [5.74, 6) is 0.537. The fraction of sp³-hybridized carbons (Fsp3) is 0.320. The molecule has 3 aromatic rings. The standard InChI is InChI=1S/C25H24FN5O2S2/c26-19-5-6-20(16-8-10-34-14-16)30-21(19)13-28-17-3-1-15(2-4-17)11-23-27-9-7-18(29-23)12-22-24(32)31-25(33)35-22/h5-10,12,14-15,17,28H,1-4,11,13H2,(H,31,32,33)/b22-12-. The molecule has 2 amide bonds. The number of carbonyl (C=O) groups is 2. The number of thiophene rings is 1. The number of nitrogens with one attached hydrogen (secondary N) is 2. The first kappa shape index (κ1) is 23.8. The Bertz CT molecular complexity index is 1260. The Labute approximate surface area is 210 Å². The highest BCUT2D eigenvalue weighted by molar-refractivity contribution is 8.18. The van der Waals surface area contributed by atoms with E-state index in [0.29, 0.717) is 34.8 Å². The third-order valence-corrected chi connectivity index (χ3v) is 7.75. The van der Waals surface area contributed by atoms with E-state index < -0.39 is 0 Å². The molecule has 1 aliphatic heterocycles. The minimum atomic E-state index is -0.390. The first-order valence-corrected chi connectivity index (χ1v) is 13.3. The van der Waals surface area contributed by atoms with Crippen LogP contribution in [0.1, 0.15) is 42.9 Å². The van der Waals surface area contributed by atoms with Crippen LogP contribution in [0, 0.1) is 11.7 Å². The monoisotopic (exact) mass is 509 g/mol. The van der Waals surface area contributed by atoms with Crippen LogP contribution in [0.3, 0.4) is 0 Å². The number of aromatic nitrogens is 3. The molecule has 7 nitrogen and oxygen atoms in total. The zero-order valence-corrected chi connectivity index (χ0v) is 20.5. The molecule has 10 heteroatoms. The topological polar surface area (TPSA) is 96.9 Å². The van der Waals surface area contributed by atoms with E-state index >= 15 is 0 Å². The second-order valence-corrected chi connectivity index (χ2v) is 10.5. The highest BCUT2D eigenvalue weighted by Crippen LogP contribution is 2.28. The number of pyridine rings is 1. The molecule has 35 heavy (non-hydrogen) atoms. The predicted octanol–water partition coefficient (Wildman–Crippen LogP) is 4.95. The molecule has 1 saturated heterocycles. The maximum Gasteiger partial charge on any atom is 0.290 e. The summed E-state index contributed by atoms with van der Waals surface area (Å²) in [6.45, 7) is 0.410. The Morgan fingerprint density at radius 2 is 1.97 bits per heavy atom. The van der Waals surface area contributed by atoms with Crippen LogP contribution in [0.4, 0.5) is 9.18 Å². The minimum Gasteiger partial charge on any atom is -0.308 e. The van der Waals surface area contributed by atoms with Crippen LogP contribution in [0.15, 0.2) is 46.1 Å². The fourth-order valence-electron chi connectivity index (χ4n) is 4.40. The van der Waals surface area contributed by atoms with Gasteiger partial charge in [-0.2, -0.15) is 11.3 Å². The molecule has 0 unspecified atom stereocenters. The summed E-state index contributed by atoms with van der Waals surface area (Å²) >= 11 is 2.48. The zero-order valence-electron chi connectivity index (χ0n) is 18.9. The second-order valence-electron chi connectivity index (χ2n) is 8.69. The van der Waals surface area contributed by atoms with Gasteiger partial charge >= 0.3 is 0 Å². The normalized spacial score (nSPS) is 21.5. The van der Waals surface area contributed by atoms with Gasteiger partial charge in [-0.05, 0) is 79.1 Å². The molecule has 3 aromatic heterocycles. The number of amides is 2. The van der Waals surface area contributed by atoms with Crippen molar-refractivity contribution in [2.45, 2.75) is 44.7 Å². The van der Waals surface area contributed by atoms with Gasteiger partial charge in [0.05, 0.1) is 22.0 Å². The molecule has 0 atom stereocenters. The first-order valence-electron chi connectivity index (χ1n) is 11.5. The molecule has 2 aliphatic rings. The van der Waals surface area contributed by atoms with Crippen molar-refractivity contribution in [1.82, 2.24) is 25.6 Å². The van der Waals surface area contributed by atoms with E-state index in [1.165, 1.54) is 6.07 Å². The summed E-state index contributed by atoms with van der Waals surface area (Å²) in [5, 5.41) is 9.37. The van der Waals surface area contributed by atoms with E-state index in [1.54, 1.807) is 35.7 Å². The average Bonchev–Trinajstić information content (AvgIpc) is 3.49. The van der Waals surface area contributed by atoms with Crippen LogP contribution in [0.5, 0.6) is 0 Å². The Morgan fingerprint density at radius 1 is 1.11 bits per heavy atom. The lowest BCUT2D eigenvalue weighted by molar-refractivity contribution is -0.115. The van der Waals surface area contributed by atoms with Gasteiger partial charge in [-0.1, -0.05) is 0 Å². The highest BCUT2D eigenvalue weighted by Gasteiger charge is 2.26. The number of halogens is 1. The van der Waals surface area contributed by atoms with Gasteiger partial charge in [-0.15, -0.1) is 0 Å². The molecule has 4 heterocycles. The van der Waals surface area contributed by atoms with Crippen molar-refractivity contribution in [3.05, 3.63) is 69.2 Å². The number of nitrogens with zero attached hydrogens (tertiary/aromatic N) is 3. The van der Waals surface area contributed by atoms with E-state index in [9.17, 15) is 14.0 Å². The van der Waals surface area contributed by atoms with E-state index in [-0.39, 0.29) is 17.0 Å². The summed E-state index contributed by atoms with van der Waals surface area (Å²) < 4.78 is 14.3. The van der Waals surface area contributed by atoms with Gasteiger partial charge in [-0.25, -0.2) is 19.3 Å². The quantitative estimate of drug-likeness (QED) is 0.435. The van der Waals surface area contributed by atoms with Gasteiger partial charge < -0.3 is 5.32 Å². The maximum atomic E-state index is 14.3. The summed E-state index contributed by atoms with van der Waals surface area (Å²) in [6.07, 6.45) is 8.14. The van der Waals surface area contributed by atoms with E-state index in [2.05, 4.69) is 25.6 Å². The molecule has 5 rings (SSSR count). The first-order chi connectivity index (χ1) is 17.0. The number of imide groups is 1. The zero-order chi connectivity index (χ0) is 24.2. The molecular formula is C25H24FN5O2S2. The highest BCUT2D eigenvalue weighted by atomic mass is 32.2. The largest absolute Gasteiger partial charge is 0.308 e. The molecule has 0 radical (unpaired) electrons. The number of hydrogen-bond acceptors (Lipinski definition) is 8. The Kier molecular flexibility index (Phi) is 7.31. The Morgan fingerprint density at radius 3 is 2.71 bits per heavy atom. The van der Waals surface area contributed by atoms with E-state index in [0.717, 1.165) is 60.9 Å². The molecule has 0 aromatic carbocycles. The van der Waals surface area contributed by atoms with Gasteiger partial charge in [0.15, 0.2) is 0 Å². The Hall–Kier alpha value is -2.95. The van der Waals surface area contributed by atoms with Crippen molar-refractivity contribution in [3.63, 3.8) is 0 Å². The lowest BCUT2D eigenvalue weighted by Crippen LogP contribution is -2.33. The van der Waals surface area contributed by atoms with Gasteiger partial charge in [-0.3, -0.25) is 14.9 Å². The van der Waals surface area contributed by atoms with Crippen LogP contribution in [-0.4, -0.2) is 32.1 Å². The fourth-order valence-corrected chi connectivity index (χ4v) is 5.71. The van der Waals surface area contributed by atoms with Gasteiger partial charge in [0.2, 0.25) is 0 Å². The molecule has 0 bridgehead atoms. The molecule has 180 valence electrons. The molecule has 0 spiro atoms. The maximum absolute atomic E-state index is 14.3. The minimum absolute atomic E-state index is 0.282. The number of hydrogen-bond donors (Lipinski definition) is 2. The van der Waals surface area contributed by atoms with Gasteiger partial charge in [0.1, 0.15) is 11.6 Å². The number of rotatable bonds is 7. The van der Waals surface area contributed by atoms with Crippen molar-refractivity contribution in [1.29, 1.82) is 0 Å². The van der Waals surface area contributed by atoms with Crippen molar-refractivity contribution in [3.8, 4) is 11.3 Å². The third-order valence-electron chi connectivity index (χ3n) is 6.26.